The molecule has 3 nitrogen and oxygen atoms in total. The van der Waals surface area contributed by atoms with Gasteiger partial charge in [0, 0.05) is 6.54 Å². The summed E-state index contributed by atoms with van der Waals surface area (Å²) in [7, 11) is 0. The molecule has 0 radical (unpaired) electrons. The van der Waals surface area contributed by atoms with E-state index in [1.54, 1.807) is 0 Å². The number of aryl methyl sites for hydroxylation is 1. The van der Waals surface area contributed by atoms with Crippen LogP contribution >= 0.6 is 0 Å². The molecule has 0 aromatic heterocycles. The van der Waals surface area contributed by atoms with Gasteiger partial charge in [-0.15, -0.1) is 0 Å². The van der Waals surface area contributed by atoms with Crippen LogP contribution < -0.4 is 5.32 Å². The second kappa shape index (κ2) is 13.7. The first-order chi connectivity index (χ1) is 8.77. The van der Waals surface area contributed by atoms with Crippen LogP contribution in [0.2, 0.25) is 0 Å². The number of carboxylic acid groups (broad SMARTS) is 1. The Morgan fingerprint density at radius 2 is 1.72 bits per heavy atom. The van der Waals surface area contributed by atoms with E-state index in [0.717, 1.165) is 13.1 Å². The molecular weight excluding hydrogens is 226 g/mol. The second-order valence-electron chi connectivity index (χ2n) is 3.30. The highest BCUT2D eigenvalue weighted by atomic mass is 16.3. The predicted molar refractivity (Wildman–Crippen MR) is 78.0 cm³/mol. The van der Waals surface area contributed by atoms with Crippen LogP contribution in [0.25, 0.3) is 0 Å². The molecule has 1 heterocycles. The Kier molecular flexibility index (Phi) is 14.5. The van der Waals surface area contributed by atoms with E-state index in [1.807, 2.05) is 27.7 Å². The fourth-order valence-electron chi connectivity index (χ4n) is 1.61. The lowest BCUT2D eigenvalue weighted by molar-refractivity contribution is -0.122. The van der Waals surface area contributed by atoms with Gasteiger partial charge in [-0.3, -0.25) is 4.79 Å². The molecule has 104 valence electrons. The predicted octanol–water partition coefficient (Wildman–Crippen LogP) is 3.39. The molecule has 0 bridgehead atoms. The molecule has 2 rings (SSSR count). The van der Waals surface area contributed by atoms with Gasteiger partial charge in [-0.1, -0.05) is 51.5 Å². The van der Waals surface area contributed by atoms with Crippen LogP contribution in [0.5, 0.6) is 0 Å². The van der Waals surface area contributed by atoms with Crippen molar-refractivity contribution in [3.63, 3.8) is 0 Å². The van der Waals surface area contributed by atoms with Crippen LogP contribution in [0.1, 0.15) is 44.4 Å². The van der Waals surface area contributed by atoms with Gasteiger partial charge in [0.25, 0.3) is 6.47 Å². The first-order valence-electron chi connectivity index (χ1n) is 6.65. The number of benzene rings is 1. The molecule has 0 amide bonds. The van der Waals surface area contributed by atoms with E-state index in [9.17, 15) is 0 Å². The summed E-state index contributed by atoms with van der Waals surface area (Å²) in [6.45, 7) is 12.1. The van der Waals surface area contributed by atoms with Crippen molar-refractivity contribution in [3.8, 4) is 0 Å². The lowest BCUT2D eigenvalue weighted by atomic mass is 9.99. The van der Waals surface area contributed by atoms with Crippen molar-refractivity contribution in [2.75, 3.05) is 6.54 Å². The first kappa shape index (κ1) is 19.0. The second-order valence-corrected chi connectivity index (χ2v) is 3.30. The minimum atomic E-state index is -0.250. The van der Waals surface area contributed by atoms with Crippen molar-refractivity contribution in [1.82, 2.24) is 5.32 Å². The van der Waals surface area contributed by atoms with Crippen molar-refractivity contribution < 1.29 is 9.90 Å². The normalized spacial score (nSPS) is 11.2. The Bertz CT molecular complexity index is 311. The van der Waals surface area contributed by atoms with E-state index < -0.39 is 0 Å². The Labute approximate surface area is 111 Å². The zero-order valence-electron chi connectivity index (χ0n) is 12.3. The van der Waals surface area contributed by atoms with Gasteiger partial charge in [0.05, 0.1) is 0 Å². The van der Waals surface area contributed by atoms with Gasteiger partial charge in [-0.25, -0.2) is 0 Å². The maximum Gasteiger partial charge on any atom is 0.290 e. The molecule has 3 heteroatoms. The molecule has 0 aliphatic carbocycles. The van der Waals surface area contributed by atoms with E-state index in [-0.39, 0.29) is 6.47 Å². The van der Waals surface area contributed by atoms with Crippen LogP contribution in [0.4, 0.5) is 0 Å². The van der Waals surface area contributed by atoms with Crippen LogP contribution in [0, 0.1) is 6.92 Å². The largest absolute Gasteiger partial charge is 0.483 e. The monoisotopic (exact) mass is 253 g/mol. The van der Waals surface area contributed by atoms with E-state index in [0.29, 0.717) is 0 Å². The van der Waals surface area contributed by atoms with Gasteiger partial charge >= 0.3 is 0 Å². The zero-order chi connectivity index (χ0) is 14.4. The van der Waals surface area contributed by atoms with Gasteiger partial charge < -0.3 is 10.4 Å². The number of fused-ring (bicyclic) bond motifs is 1. The van der Waals surface area contributed by atoms with Gasteiger partial charge in [0.15, 0.2) is 0 Å². The molecule has 0 atom stereocenters. The molecule has 1 aliphatic heterocycles. The summed E-state index contributed by atoms with van der Waals surface area (Å²) in [5.74, 6) is 0. The number of hydrogen-bond donors (Lipinski definition) is 2. The average molecular weight is 253 g/mol. The van der Waals surface area contributed by atoms with Crippen molar-refractivity contribution in [3.05, 3.63) is 34.9 Å². The highest BCUT2D eigenvalue weighted by Gasteiger charge is 2.06. The first-order valence-corrected chi connectivity index (χ1v) is 6.65. The Balaban J connectivity index is 0. The lowest BCUT2D eigenvalue weighted by Gasteiger charge is -2.16. The third-order valence-corrected chi connectivity index (χ3v) is 2.25. The van der Waals surface area contributed by atoms with Gasteiger partial charge in [0.2, 0.25) is 0 Å². The molecule has 1 aliphatic rings. The molecule has 1 aromatic rings. The van der Waals surface area contributed by atoms with Gasteiger partial charge in [0.1, 0.15) is 0 Å². The van der Waals surface area contributed by atoms with Gasteiger partial charge in [-0.05, 0) is 31.0 Å². The van der Waals surface area contributed by atoms with E-state index in [1.165, 1.54) is 23.1 Å². The number of carbonyl (C=O) groups is 1. The summed E-state index contributed by atoms with van der Waals surface area (Å²) in [6, 6.07) is 6.72. The average Bonchev–Trinajstić information content (AvgIpc) is 2.44. The number of rotatable bonds is 0. The Morgan fingerprint density at radius 3 is 2.28 bits per heavy atom. The summed E-state index contributed by atoms with van der Waals surface area (Å²) < 4.78 is 0. The van der Waals surface area contributed by atoms with Crippen molar-refractivity contribution in [2.45, 2.75) is 47.6 Å². The molecule has 2 N–H and O–H groups in total. The third-order valence-electron chi connectivity index (χ3n) is 2.25. The Morgan fingerprint density at radius 1 is 1.17 bits per heavy atom. The SMILES string of the molecule is CC.CC.Cc1ccc2c(c1)CCNC2.O=CO. The van der Waals surface area contributed by atoms with Crippen LogP contribution in [-0.2, 0) is 17.8 Å². The van der Waals surface area contributed by atoms with Crippen molar-refractivity contribution in [2.24, 2.45) is 0 Å². The summed E-state index contributed by atoms with van der Waals surface area (Å²) >= 11 is 0. The number of hydrogen-bond acceptors (Lipinski definition) is 2. The molecule has 0 unspecified atom stereocenters. The number of nitrogens with one attached hydrogen (secondary N) is 1. The van der Waals surface area contributed by atoms with Crippen molar-refractivity contribution in [1.29, 1.82) is 0 Å². The summed E-state index contributed by atoms with van der Waals surface area (Å²) in [6.07, 6.45) is 1.19. The fraction of sp³-hybridized carbons (Fsp3) is 0.533. The summed E-state index contributed by atoms with van der Waals surface area (Å²) in [4.78, 5) is 8.36. The maximum absolute atomic E-state index is 8.36. The molecule has 18 heavy (non-hydrogen) atoms. The van der Waals surface area contributed by atoms with Crippen molar-refractivity contribution >= 4 is 6.47 Å². The zero-order valence-corrected chi connectivity index (χ0v) is 12.3. The molecular formula is C15H27NO2. The van der Waals surface area contributed by atoms with Crippen LogP contribution in [0.3, 0.4) is 0 Å². The fourth-order valence-corrected chi connectivity index (χ4v) is 1.61. The minimum Gasteiger partial charge on any atom is -0.483 e. The molecule has 1 aromatic carbocycles. The molecule has 0 saturated carbocycles. The lowest BCUT2D eigenvalue weighted by Crippen LogP contribution is -2.23. The molecule has 0 spiro atoms. The van der Waals surface area contributed by atoms with Crippen LogP contribution in [0.15, 0.2) is 18.2 Å². The van der Waals surface area contributed by atoms with E-state index in [4.69, 9.17) is 9.90 Å². The molecule has 0 fully saturated rings. The van der Waals surface area contributed by atoms with E-state index >= 15 is 0 Å². The minimum absolute atomic E-state index is 0.250. The molecule has 0 saturated heterocycles. The summed E-state index contributed by atoms with van der Waals surface area (Å²) in [5.41, 5.74) is 4.39. The van der Waals surface area contributed by atoms with Crippen LogP contribution in [-0.4, -0.2) is 18.1 Å². The standard InChI is InChI=1S/C10H13N.2C2H6.CH2O2/c1-8-2-3-10-7-11-5-4-9(10)6-8;2*1-2;2-1-3/h2-3,6,11H,4-5,7H2,1H3;2*1-2H3;1H,(H,2,3). The van der Waals surface area contributed by atoms with Gasteiger partial charge in [-0.2, -0.15) is 0 Å². The van der Waals surface area contributed by atoms with E-state index in [2.05, 4.69) is 30.4 Å². The quantitative estimate of drug-likeness (QED) is 0.697. The summed E-state index contributed by atoms with van der Waals surface area (Å²) in [5, 5.41) is 10.2. The topological polar surface area (TPSA) is 49.3 Å². The Hall–Kier alpha value is -1.35. The smallest absolute Gasteiger partial charge is 0.290 e. The highest BCUT2D eigenvalue weighted by molar-refractivity contribution is 5.33. The maximum atomic E-state index is 8.36. The third kappa shape index (κ3) is 7.85. The highest BCUT2D eigenvalue weighted by Crippen LogP contribution is 2.14.